The molecule has 0 atom stereocenters. The molecule has 0 unspecified atom stereocenters. The molecule has 3 heterocycles. The van der Waals surface area contributed by atoms with E-state index in [0.29, 0.717) is 18.1 Å². The third-order valence-electron chi connectivity index (χ3n) is 5.84. The van der Waals surface area contributed by atoms with Crippen LogP contribution in [-0.4, -0.2) is 73.4 Å². The van der Waals surface area contributed by atoms with Crippen LogP contribution in [0.15, 0.2) is 42.7 Å². The standard InChI is InChI=1S/C24H28N6O/c25-20-23-24(27-11-10-26-23)30-13-8-22(9-14-30)31-19-5-4-12-28-15-17-29(18-16-28)21-6-2-1-3-7-21/h1-3,6-7,10-11,22H,8-9,12-19H2. The number of nitrogens with zero attached hydrogens (tertiary/aromatic N) is 6. The summed E-state index contributed by atoms with van der Waals surface area (Å²) in [6, 6.07) is 12.7. The zero-order chi connectivity index (χ0) is 21.3. The SMILES string of the molecule is N#Cc1nccnc1N1CCC(OCC#CCN2CCN(c3ccccc3)CC2)CC1. The van der Waals surface area contributed by atoms with Gasteiger partial charge in [-0.3, -0.25) is 4.90 Å². The van der Waals surface area contributed by atoms with E-state index < -0.39 is 0 Å². The highest BCUT2D eigenvalue weighted by atomic mass is 16.5. The predicted octanol–water partition coefficient (Wildman–Crippen LogP) is 2.16. The van der Waals surface area contributed by atoms with Gasteiger partial charge in [-0.2, -0.15) is 5.26 Å². The Kier molecular flexibility index (Phi) is 7.33. The first kappa shape index (κ1) is 21.1. The topological polar surface area (TPSA) is 68.5 Å². The van der Waals surface area contributed by atoms with Crippen molar-refractivity contribution in [2.75, 3.05) is 62.2 Å². The van der Waals surface area contributed by atoms with E-state index >= 15 is 0 Å². The first-order valence-electron chi connectivity index (χ1n) is 10.9. The molecule has 0 spiro atoms. The van der Waals surface area contributed by atoms with Crippen LogP contribution in [0.2, 0.25) is 0 Å². The van der Waals surface area contributed by atoms with Crippen LogP contribution in [0, 0.1) is 23.2 Å². The average Bonchev–Trinajstić information content (AvgIpc) is 2.85. The van der Waals surface area contributed by atoms with E-state index in [9.17, 15) is 5.26 Å². The summed E-state index contributed by atoms with van der Waals surface area (Å²) in [6.45, 7) is 7.07. The fourth-order valence-corrected chi connectivity index (χ4v) is 4.06. The van der Waals surface area contributed by atoms with Crippen LogP contribution < -0.4 is 9.80 Å². The number of piperazine rings is 1. The maximum Gasteiger partial charge on any atom is 0.183 e. The zero-order valence-corrected chi connectivity index (χ0v) is 17.8. The zero-order valence-electron chi connectivity index (χ0n) is 17.8. The number of anilines is 2. The van der Waals surface area contributed by atoms with Gasteiger partial charge in [0.05, 0.1) is 12.6 Å². The van der Waals surface area contributed by atoms with Crippen molar-refractivity contribution < 1.29 is 4.74 Å². The van der Waals surface area contributed by atoms with Crippen LogP contribution in [0.25, 0.3) is 0 Å². The van der Waals surface area contributed by atoms with Crippen LogP contribution in [0.3, 0.4) is 0 Å². The molecule has 0 N–H and O–H groups in total. The lowest BCUT2D eigenvalue weighted by molar-refractivity contribution is 0.0593. The van der Waals surface area contributed by atoms with Gasteiger partial charge in [-0.15, -0.1) is 0 Å². The largest absolute Gasteiger partial charge is 0.369 e. The van der Waals surface area contributed by atoms with Gasteiger partial charge in [-0.1, -0.05) is 30.0 Å². The lowest BCUT2D eigenvalue weighted by Gasteiger charge is -2.35. The minimum atomic E-state index is 0.210. The smallest absolute Gasteiger partial charge is 0.183 e. The van der Waals surface area contributed by atoms with Gasteiger partial charge < -0.3 is 14.5 Å². The van der Waals surface area contributed by atoms with E-state index in [2.05, 4.69) is 72.9 Å². The fourth-order valence-electron chi connectivity index (χ4n) is 4.06. The normalized spacial score (nSPS) is 17.6. The van der Waals surface area contributed by atoms with E-state index in [1.165, 1.54) is 5.69 Å². The molecule has 1 aromatic carbocycles. The molecule has 2 aliphatic rings. The van der Waals surface area contributed by atoms with Crippen LogP contribution >= 0.6 is 0 Å². The van der Waals surface area contributed by atoms with Crippen molar-refractivity contribution >= 4 is 11.5 Å². The van der Waals surface area contributed by atoms with E-state index in [1.54, 1.807) is 12.4 Å². The summed E-state index contributed by atoms with van der Waals surface area (Å²) in [5.74, 6) is 7.12. The molecular weight excluding hydrogens is 388 g/mol. The van der Waals surface area contributed by atoms with Crippen molar-refractivity contribution in [3.05, 3.63) is 48.4 Å². The number of hydrogen-bond donors (Lipinski definition) is 0. The Morgan fingerprint density at radius 3 is 2.39 bits per heavy atom. The van der Waals surface area contributed by atoms with Gasteiger partial charge in [0.25, 0.3) is 0 Å². The molecule has 2 saturated heterocycles. The van der Waals surface area contributed by atoms with Crippen LogP contribution in [0.5, 0.6) is 0 Å². The van der Waals surface area contributed by atoms with Gasteiger partial charge in [0.1, 0.15) is 12.7 Å². The molecule has 2 aliphatic heterocycles. The minimum Gasteiger partial charge on any atom is -0.369 e. The van der Waals surface area contributed by atoms with Crippen molar-refractivity contribution in [2.24, 2.45) is 0 Å². The molecule has 0 bridgehead atoms. The lowest BCUT2D eigenvalue weighted by Crippen LogP contribution is -2.46. The number of benzene rings is 1. The molecule has 7 nitrogen and oxygen atoms in total. The van der Waals surface area contributed by atoms with Gasteiger partial charge in [0.2, 0.25) is 0 Å². The van der Waals surface area contributed by atoms with Crippen molar-refractivity contribution in [3.63, 3.8) is 0 Å². The molecule has 160 valence electrons. The Balaban J connectivity index is 1.13. The van der Waals surface area contributed by atoms with Gasteiger partial charge in [0, 0.05) is 57.3 Å². The highest BCUT2D eigenvalue weighted by Crippen LogP contribution is 2.21. The highest BCUT2D eigenvalue weighted by Gasteiger charge is 2.22. The van der Waals surface area contributed by atoms with E-state index in [-0.39, 0.29) is 6.10 Å². The molecule has 0 aliphatic carbocycles. The van der Waals surface area contributed by atoms with Crippen molar-refractivity contribution in [1.29, 1.82) is 5.26 Å². The highest BCUT2D eigenvalue weighted by molar-refractivity contribution is 5.49. The van der Waals surface area contributed by atoms with Gasteiger partial charge >= 0.3 is 0 Å². The molecule has 2 aromatic rings. The maximum absolute atomic E-state index is 9.20. The maximum atomic E-state index is 9.20. The summed E-state index contributed by atoms with van der Waals surface area (Å²) < 4.78 is 5.96. The summed E-state index contributed by atoms with van der Waals surface area (Å²) in [5.41, 5.74) is 1.69. The second-order valence-corrected chi connectivity index (χ2v) is 7.79. The summed E-state index contributed by atoms with van der Waals surface area (Å²) in [4.78, 5) is 15.4. The van der Waals surface area contributed by atoms with Gasteiger partial charge in [0.15, 0.2) is 11.5 Å². The van der Waals surface area contributed by atoms with Crippen molar-refractivity contribution in [1.82, 2.24) is 14.9 Å². The number of rotatable bonds is 5. The Morgan fingerprint density at radius 2 is 1.65 bits per heavy atom. The first-order chi connectivity index (χ1) is 15.3. The number of nitriles is 1. The van der Waals surface area contributed by atoms with Crippen LogP contribution in [-0.2, 0) is 4.74 Å². The Labute approximate surface area is 184 Å². The second kappa shape index (κ2) is 10.8. The Hall–Kier alpha value is -3.13. The Morgan fingerprint density at radius 1 is 0.903 bits per heavy atom. The molecule has 0 amide bonds. The summed E-state index contributed by atoms with van der Waals surface area (Å²) in [5, 5.41) is 9.20. The van der Waals surface area contributed by atoms with Gasteiger partial charge in [-0.05, 0) is 25.0 Å². The predicted molar refractivity (Wildman–Crippen MR) is 121 cm³/mol. The summed E-state index contributed by atoms with van der Waals surface area (Å²) in [6.07, 6.45) is 5.22. The van der Waals surface area contributed by atoms with Gasteiger partial charge in [-0.25, -0.2) is 9.97 Å². The fraction of sp³-hybridized carbons (Fsp3) is 0.458. The van der Waals surface area contributed by atoms with Crippen molar-refractivity contribution in [3.8, 4) is 17.9 Å². The quantitative estimate of drug-likeness (QED) is 0.692. The number of para-hydroxylation sites is 1. The third-order valence-corrected chi connectivity index (χ3v) is 5.84. The molecule has 2 fully saturated rings. The van der Waals surface area contributed by atoms with Crippen LogP contribution in [0.4, 0.5) is 11.5 Å². The molecule has 7 heteroatoms. The average molecular weight is 417 g/mol. The lowest BCUT2D eigenvalue weighted by atomic mass is 10.1. The molecule has 1 aromatic heterocycles. The third kappa shape index (κ3) is 5.73. The number of ether oxygens (including phenoxy) is 1. The van der Waals surface area contributed by atoms with E-state index in [4.69, 9.17) is 4.74 Å². The van der Waals surface area contributed by atoms with Crippen LogP contribution in [0.1, 0.15) is 18.5 Å². The van der Waals surface area contributed by atoms with E-state index in [0.717, 1.165) is 58.7 Å². The number of piperidine rings is 1. The molecule has 0 saturated carbocycles. The summed E-state index contributed by atoms with van der Waals surface area (Å²) in [7, 11) is 0. The molecular formula is C24H28N6O. The monoisotopic (exact) mass is 416 g/mol. The number of aromatic nitrogens is 2. The molecule has 4 rings (SSSR count). The van der Waals surface area contributed by atoms with E-state index in [1.807, 2.05) is 0 Å². The second-order valence-electron chi connectivity index (χ2n) is 7.79. The van der Waals surface area contributed by atoms with Crippen molar-refractivity contribution in [2.45, 2.75) is 18.9 Å². The first-order valence-corrected chi connectivity index (χ1v) is 10.9. The minimum absolute atomic E-state index is 0.210. The molecule has 0 radical (unpaired) electrons. The summed E-state index contributed by atoms with van der Waals surface area (Å²) >= 11 is 0. The molecule has 31 heavy (non-hydrogen) atoms. The number of hydrogen-bond acceptors (Lipinski definition) is 7. The Bertz CT molecular complexity index is 932.